The molecule has 1 aliphatic rings. The summed E-state index contributed by atoms with van der Waals surface area (Å²) < 4.78 is 35.3. The molecular weight excluding hydrogens is 462 g/mol. The predicted molar refractivity (Wildman–Crippen MR) is 133 cm³/mol. The summed E-state index contributed by atoms with van der Waals surface area (Å²) in [6, 6.07) is 23.8. The quantitative estimate of drug-likeness (QED) is 0.365. The van der Waals surface area contributed by atoms with Gasteiger partial charge in [0, 0.05) is 18.7 Å². The number of halogens is 2. The maximum absolute atomic E-state index is 12.8. The van der Waals surface area contributed by atoms with E-state index in [4.69, 9.17) is 10.00 Å². The third kappa shape index (κ3) is 6.82. The average Bonchev–Trinajstić information content (AvgIpc) is 2.91. The van der Waals surface area contributed by atoms with Crippen LogP contribution in [0.3, 0.4) is 0 Å². The van der Waals surface area contributed by atoms with Crippen LogP contribution in [0.25, 0.3) is 11.1 Å². The standard InChI is InChI=1S/C29H28F2N2O3/c30-29(31)36-25-5-3-4-22(18-25)9-8-21-14-16-33(17-15-21)28(34)20-35-27-7-2-1-6-26(27)24-12-10-23(19-32)11-13-24/h1-7,10-13,18,21,29H,8-9,14-17,20H2. The first-order valence-corrected chi connectivity index (χ1v) is 12.1. The minimum atomic E-state index is -2.82. The molecule has 7 heteroatoms. The van der Waals surface area contributed by atoms with Gasteiger partial charge in [-0.15, -0.1) is 0 Å². The lowest BCUT2D eigenvalue weighted by molar-refractivity contribution is -0.134. The van der Waals surface area contributed by atoms with Crippen molar-refractivity contribution < 1.29 is 23.0 Å². The zero-order valence-corrected chi connectivity index (χ0v) is 19.9. The van der Waals surface area contributed by atoms with E-state index in [-0.39, 0.29) is 18.3 Å². The second-order valence-corrected chi connectivity index (χ2v) is 8.86. The van der Waals surface area contributed by atoms with Crippen LogP contribution in [0.1, 0.15) is 30.4 Å². The van der Waals surface area contributed by atoms with Crippen molar-refractivity contribution in [3.63, 3.8) is 0 Å². The third-order valence-corrected chi connectivity index (χ3v) is 6.50. The highest BCUT2D eigenvalue weighted by atomic mass is 19.3. The Kier molecular flexibility index (Phi) is 8.51. The van der Waals surface area contributed by atoms with E-state index in [0.29, 0.717) is 30.3 Å². The molecule has 0 spiro atoms. The minimum Gasteiger partial charge on any atom is -0.483 e. The largest absolute Gasteiger partial charge is 0.483 e. The van der Waals surface area contributed by atoms with Crippen molar-refractivity contribution in [1.29, 1.82) is 5.26 Å². The number of carbonyl (C=O) groups is 1. The number of benzene rings is 3. The second-order valence-electron chi connectivity index (χ2n) is 8.86. The van der Waals surface area contributed by atoms with Gasteiger partial charge in [-0.3, -0.25) is 4.79 Å². The average molecular weight is 491 g/mol. The predicted octanol–water partition coefficient (Wildman–Crippen LogP) is 6.08. The number of amides is 1. The number of para-hydroxylation sites is 1. The molecule has 1 amide bonds. The molecule has 0 saturated carbocycles. The highest BCUT2D eigenvalue weighted by molar-refractivity contribution is 5.78. The van der Waals surface area contributed by atoms with Gasteiger partial charge in [-0.1, -0.05) is 42.5 Å². The molecule has 3 aromatic rings. The van der Waals surface area contributed by atoms with Crippen molar-refractivity contribution in [3.05, 3.63) is 83.9 Å². The fourth-order valence-corrected chi connectivity index (χ4v) is 4.51. The number of hydrogen-bond acceptors (Lipinski definition) is 4. The fourth-order valence-electron chi connectivity index (χ4n) is 4.51. The Labute approximate surface area is 209 Å². The molecule has 0 aliphatic carbocycles. The molecule has 0 N–H and O–H groups in total. The van der Waals surface area contributed by atoms with Gasteiger partial charge in [0.15, 0.2) is 6.61 Å². The highest BCUT2D eigenvalue weighted by Gasteiger charge is 2.23. The second kappa shape index (κ2) is 12.2. The smallest absolute Gasteiger partial charge is 0.387 e. The first kappa shape index (κ1) is 25.2. The number of hydrogen-bond donors (Lipinski definition) is 0. The Morgan fingerprint density at radius 3 is 2.50 bits per heavy atom. The molecule has 4 rings (SSSR count). The van der Waals surface area contributed by atoms with Crippen molar-refractivity contribution >= 4 is 5.91 Å². The number of ether oxygens (including phenoxy) is 2. The number of nitriles is 1. The topological polar surface area (TPSA) is 62.6 Å². The number of carbonyl (C=O) groups excluding carboxylic acids is 1. The molecule has 186 valence electrons. The molecule has 1 aliphatic heterocycles. The van der Waals surface area contributed by atoms with Gasteiger partial charge < -0.3 is 14.4 Å². The Bertz CT molecular complexity index is 1200. The normalized spacial score (nSPS) is 13.9. The lowest BCUT2D eigenvalue weighted by atomic mass is 9.90. The Hall–Kier alpha value is -3.92. The maximum Gasteiger partial charge on any atom is 0.387 e. The van der Waals surface area contributed by atoms with Gasteiger partial charge in [-0.05, 0) is 73.1 Å². The summed E-state index contributed by atoms with van der Waals surface area (Å²) in [6.07, 6.45) is 3.53. The van der Waals surface area contributed by atoms with Gasteiger partial charge in [0.2, 0.25) is 0 Å². The molecule has 3 aromatic carbocycles. The molecule has 1 fully saturated rings. The fraction of sp³-hybridized carbons (Fsp3) is 0.310. The van der Waals surface area contributed by atoms with E-state index in [0.717, 1.165) is 42.4 Å². The summed E-state index contributed by atoms with van der Waals surface area (Å²) in [7, 11) is 0. The molecule has 0 atom stereocenters. The summed E-state index contributed by atoms with van der Waals surface area (Å²) in [5.74, 6) is 1.25. The van der Waals surface area contributed by atoms with Crippen LogP contribution in [0.4, 0.5) is 8.78 Å². The van der Waals surface area contributed by atoms with E-state index in [2.05, 4.69) is 10.8 Å². The zero-order valence-electron chi connectivity index (χ0n) is 19.9. The third-order valence-electron chi connectivity index (χ3n) is 6.50. The van der Waals surface area contributed by atoms with Crippen LogP contribution in [-0.2, 0) is 11.2 Å². The Morgan fingerprint density at radius 2 is 1.78 bits per heavy atom. The maximum atomic E-state index is 12.8. The number of piperidine rings is 1. The highest BCUT2D eigenvalue weighted by Crippen LogP contribution is 2.30. The number of aryl methyl sites for hydroxylation is 1. The zero-order chi connectivity index (χ0) is 25.3. The van der Waals surface area contributed by atoms with Crippen molar-refractivity contribution in [2.24, 2.45) is 5.92 Å². The van der Waals surface area contributed by atoms with Gasteiger partial charge in [-0.25, -0.2) is 0 Å². The van der Waals surface area contributed by atoms with Gasteiger partial charge in [-0.2, -0.15) is 14.0 Å². The van der Waals surface area contributed by atoms with Crippen LogP contribution in [0, 0.1) is 17.2 Å². The van der Waals surface area contributed by atoms with E-state index in [1.54, 1.807) is 24.3 Å². The number of rotatable bonds is 9. The minimum absolute atomic E-state index is 0.0328. The van der Waals surface area contributed by atoms with Crippen molar-refractivity contribution in [2.75, 3.05) is 19.7 Å². The van der Waals surface area contributed by atoms with Gasteiger partial charge >= 0.3 is 6.61 Å². The van der Waals surface area contributed by atoms with Crippen molar-refractivity contribution in [1.82, 2.24) is 4.90 Å². The SMILES string of the molecule is N#Cc1ccc(-c2ccccc2OCC(=O)N2CCC(CCc3cccc(OC(F)F)c3)CC2)cc1. The van der Waals surface area contributed by atoms with Crippen LogP contribution in [0.5, 0.6) is 11.5 Å². The number of nitrogens with zero attached hydrogens (tertiary/aromatic N) is 2. The first-order valence-electron chi connectivity index (χ1n) is 12.1. The van der Waals surface area contributed by atoms with E-state index >= 15 is 0 Å². The summed E-state index contributed by atoms with van der Waals surface area (Å²) in [6.45, 7) is -1.50. The van der Waals surface area contributed by atoms with Crippen LogP contribution >= 0.6 is 0 Å². The molecule has 0 bridgehead atoms. The first-order chi connectivity index (χ1) is 17.5. The molecule has 0 unspecified atom stereocenters. The summed E-state index contributed by atoms with van der Waals surface area (Å²) in [4.78, 5) is 14.6. The summed E-state index contributed by atoms with van der Waals surface area (Å²) in [5.41, 5.74) is 3.35. The summed E-state index contributed by atoms with van der Waals surface area (Å²) >= 11 is 0. The lowest BCUT2D eigenvalue weighted by Gasteiger charge is -2.32. The van der Waals surface area contributed by atoms with Crippen LogP contribution < -0.4 is 9.47 Å². The van der Waals surface area contributed by atoms with Gasteiger partial charge in [0.25, 0.3) is 5.91 Å². The Morgan fingerprint density at radius 1 is 1.03 bits per heavy atom. The number of likely N-dealkylation sites (tertiary alicyclic amines) is 1. The van der Waals surface area contributed by atoms with Crippen LogP contribution in [-0.4, -0.2) is 37.1 Å². The van der Waals surface area contributed by atoms with E-state index in [1.165, 1.54) is 6.07 Å². The molecule has 5 nitrogen and oxygen atoms in total. The van der Waals surface area contributed by atoms with Crippen LogP contribution in [0.2, 0.25) is 0 Å². The molecule has 1 saturated heterocycles. The van der Waals surface area contributed by atoms with Crippen molar-refractivity contribution in [2.45, 2.75) is 32.3 Å². The van der Waals surface area contributed by atoms with E-state index < -0.39 is 6.61 Å². The molecular formula is C29H28F2N2O3. The Balaban J connectivity index is 1.25. The molecule has 36 heavy (non-hydrogen) atoms. The van der Waals surface area contributed by atoms with E-state index in [9.17, 15) is 13.6 Å². The van der Waals surface area contributed by atoms with Crippen molar-refractivity contribution in [3.8, 4) is 28.7 Å². The van der Waals surface area contributed by atoms with Gasteiger partial charge in [0.05, 0.1) is 11.6 Å². The summed E-state index contributed by atoms with van der Waals surface area (Å²) in [5, 5.41) is 9.01. The molecule has 0 radical (unpaired) electrons. The molecule has 1 heterocycles. The monoisotopic (exact) mass is 490 g/mol. The van der Waals surface area contributed by atoms with Gasteiger partial charge in [0.1, 0.15) is 11.5 Å². The number of alkyl halides is 2. The lowest BCUT2D eigenvalue weighted by Crippen LogP contribution is -2.41. The van der Waals surface area contributed by atoms with Crippen LogP contribution in [0.15, 0.2) is 72.8 Å². The molecule has 0 aromatic heterocycles. The van der Waals surface area contributed by atoms with E-state index in [1.807, 2.05) is 47.4 Å².